The van der Waals surface area contributed by atoms with E-state index in [1.54, 1.807) is 6.08 Å². The molecule has 0 aliphatic carbocycles. The number of ether oxygens (including phenoxy) is 3. The molecular weight excluding hydrogens is 452 g/mol. The molecule has 34 heavy (non-hydrogen) atoms. The molecule has 0 fully saturated rings. The summed E-state index contributed by atoms with van der Waals surface area (Å²) in [6.45, 7) is 11.5. The number of hydrogen-bond acceptors (Lipinski definition) is 7. The third-order valence-corrected chi connectivity index (χ3v) is 5.61. The van der Waals surface area contributed by atoms with Gasteiger partial charge >= 0.3 is 0 Å². The molecule has 0 bridgehead atoms. The quantitative estimate of drug-likeness (QED) is 0.274. The van der Waals surface area contributed by atoms with Crippen molar-refractivity contribution in [2.45, 2.75) is 39.1 Å². The number of carbonyl (C=O) groups excluding carboxylic acids is 1. The van der Waals surface area contributed by atoms with Gasteiger partial charge in [-0.15, -0.1) is 16.8 Å². The first-order valence-electron chi connectivity index (χ1n) is 11.1. The molecule has 0 aliphatic heterocycles. The molecule has 0 unspecified atom stereocenters. The molecule has 8 nitrogen and oxygen atoms in total. The van der Waals surface area contributed by atoms with E-state index in [0.29, 0.717) is 47.9 Å². The molecule has 3 rings (SSSR count). The summed E-state index contributed by atoms with van der Waals surface area (Å²) in [7, 11) is 0. The first-order valence-corrected chi connectivity index (χ1v) is 12.1. The minimum atomic E-state index is -0.138. The Labute approximate surface area is 204 Å². The van der Waals surface area contributed by atoms with Crippen LogP contribution in [0.1, 0.15) is 25.2 Å². The number of carbonyl (C=O) groups is 1. The van der Waals surface area contributed by atoms with Gasteiger partial charge in [0.05, 0.1) is 19.0 Å². The van der Waals surface area contributed by atoms with Crippen molar-refractivity contribution in [3.63, 3.8) is 0 Å². The maximum Gasteiger partial charge on any atom is 0.234 e. The second kappa shape index (κ2) is 12.7. The molecule has 0 spiro atoms. The topological polar surface area (TPSA) is 87.5 Å². The van der Waals surface area contributed by atoms with E-state index in [9.17, 15) is 4.79 Å². The summed E-state index contributed by atoms with van der Waals surface area (Å²) in [5, 5.41) is 12.0. The van der Waals surface area contributed by atoms with Crippen molar-refractivity contribution in [2.24, 2.45) is 0 Å². The number of aromatic nitrogens is 3. The van der Waals surface area contributed by atoms with Crippen LogP contribution in [0.25, 0.3) is 0 Å². The number of benzene rings is 2. The van der Waals surface area contributed by atoms with Crippen molar-refractivity contribution in [2.75, 3.05) is 24.3 Å². The Morgan fingerprint density at radius 1 is 1.06 bits per heavy atom. The molecule has 0 radical (unpaired) electrons. The molecular formula is C25H30N4O4S. The van der Waals surface area contributed by atoms with Crippen molar-refractivity contribution in [3.05, 3.63) is 66.5 Å². The Balaban J connectivity index is 1.61. The van der Waals surface area contributed by atoms with Crippen molar-refractivity contribution in [1.82, 2.24) is 14.8 Å². The summed E-state index contributed by atoms with van der Waals surface area (Å²) in [4.78, 5) is 12.4. The number of anilines is 1. The molecule has 1 amide bonds. The van der Waals surface area contributed by atoms with Crippen molar-refractivity contribution >= 4 is 23.4 Å². The Kier molecular flexibility index (Phi) is 9.40. The summed E-state index contributed by atoms with van der Waals surface area (Å²) in [6, 6.07) is 13.1. The number of amides is 1. The van der Waals surface area contributed by atoms with Crippen molar-refractivity contribution < 1.29 is 19.0 Å². The van der Waals surface area contributed by atoms with E-state index in [-0.39, 0.29) is 18.3 Å². The molecule has 0 saturated carbocycles. The predicted octanol–water partition coefficient (Wildman–Crippen LogP) is 4.88. The van der Waals surface area contributed by atoms with Crippen LogP contribution in [-0.2, 0) is 17.9 Å². The second-order valence-corrected chi connectivity index (χ2v) is 8.21. The van der Waals surface area contributed by atoms with E-state index in [1.165, 1.54) is 11.8 Å². The molecule has 2 aromatic carbocycles. The Morgan fingerprint density at radius 2 is 1.82 bits per heavy atom. The van der Waals surface area contributed by atoms with E-state index < -0.39 is 0 Å². The van der Waals surface area contributed by atoms with Gasteiger partial charge in [-0.05, 0) is 62.7 Å². The van der Waals surface area contributed by atoms with Crippen LogP contribution in [-0.4, -0.2) is 39.6 Å². The molecule has 1 N–H and O–H groups in total. The van der Waals surface area contributed by atoms with Gasteiger partial charge in [-0.1, -0.05) is 23.9 Å². The fraction of sp³-hybridized carbons (Fsp3) is 0.320. The maximum absolute atomic E-state index is 12.4. The Hall–Kier alpha value is -3.46. The summed E-state index contributed by atoms with van der Waals surface area (Å²) >= 11 is 1.31. The van der Waals surface area contributed by atoms with E-state index in [0.717, 1.165) is 11.3 Å². The van der Waals surface area contributed by atoms with E-state index in [2.05, 4.69) is 22.1 Å². The monoisotopic (exact) mass is 482 g/mol. The van der Waals surface area contributed by atoms with Gasteiger partial charge in [0.2, 0.25) is 5.91 Å². The fourth-order valence-electron chi connectivity index (χ4n) is 3.12. The lowest BCUT2D eigenvalue weighted by Gasteiger charge is -2.13. The van der Waals surface area contributed by atoms with Gasteiger partial charge in [-0.3, -0.25) is 9.36 Å². The Bertz CT molecular complexity index is 1100. The minimum Gasteiger partial charge on any atom is -0.494 e. The molecule has 1 heterocycles. The lowest BCUT2D eigenvalue weighted by atomic mass is 10.2. The van der Waals surface area contributed by atoms with Gasteiger partial charge in [-0.2, -0.15) is 0 Å². The summed E-state index contributed by atoms with van der Waals surface area (Å²) in [5.74, 6) is 2.79. The van der Waals surface area contributed by atoms with Gasteiger partial charge in [-0.25, -0.2) is 0 Å². The van der Waals surface area contributed by atoms with Crippen LogP contribution in [0, 0.1) is 6.92 Å². The first kappa shape index (κ1) is 25.2. The molecule has 3 aromatic rings. The van der Waals surface area contributed by atoms with Gasteiger partial charge < -0.3 is 19.5 Å². The van der Waals surface area contributed by atoms with Crippen molar-refractivity contribution in [1.29, 1.82) is 0 Å². The SMILES string of the molecule is C=CCn1c(COc2ccc(C)cc2OCC)nnc1SCC(=O)Nc1ccc(OCC)cc1. The minimum absolute atomic E-state index is 0.138. The number of aryl methyl sites for hydroxylation is 1. The highest BCUT2D eigenvalue weighted by atomic mass is 32.2. The number of rotatable bonds is 13. The van der Waals surface area contributed by atoms with Gasteiger partial charge in [0, 0.05) is 12.2 Å². The highest BCUT2D eigenvalue weighted by molar-refractivity contribution is 7.99. The van der Waals surface area contributed by atoms with Crippen LogP contribution in [0.4, 0.5) is 5.69 Å². The Morgan fingerprint density at radius 3 is 2.53 bits per heavy atom. The molecule has 180 valence electrons. The van der Waals surface area contributed by atoms with Crippen LogP contribution in [0.2, 0.25) is 0 Å². The summed E-state index contributed by atoms with van der Waals surface area (Å²) < 4.78 is 19.0. The second-order valence-electron chi connectivity index (χ2n) is 7.26. The van der Waals surface area contributed by atoms with Crippen LogP contribution >= 0.6 is 11.8 Å². The number of thioether (sulfide) groups is 1. The van der Waals surface area contributed by atoms with Crippen LogP contribution in [0.15, 0.2) is 60.3 Å². The predicted molar refractivity (Wildman–Crippen MR) is 134 cm³/mol. The fourth-order valence-corrected chi connectivity index (χ4v) is 3.89. The zero-order chi connectivity index (χ0) is 24.3. The standard InChI is InChI=1S/C25H30N4O4S/c1-5-14-29-23(16-33-21-13-8-18(4)15-22(21)32-7-3)27-28-25(29)34-17-24(30)26-19-9-11-20(12-10-19)31-6-2/h5,8-13,15H,1,6-7,14,16-17H2,2-4H3,(H,26,30). The molecule has 0 aliphatic rings. The normalized spacial score (nSPS) is 10.6. The largest absolute Gasteiger partial charge is 0.494 e. The van der Waals surface area contributed by atoms with E-state index in [1.807, 2.05) is 67.8 Å². The van der Waals surface area contributed by atoms with E-state index in [4.69, 9.17) is 14.2 Å². The number of nitrogens with zero attached hydrogens (tertiary/aromatic N) is 3. The molecule has 0 saturated heterocycles. The summed E-state index contributed by atoms with van der Waals surface area (Å²) in [6.07, 6.45) is 1.76. The summed E-state index contributed by atoms with van der Waals surface area (Å²) in [5.41, 5.74) is 1.80. The molecule has 0 atom stereocenters. The van der Waals surface area contributed by atoms with Gasteiger partial charge in [0.25, 0.3) is 0 Å². The first-order chi connectivity index (χ1) is 16.5. The number of hydrogen-bond donors (Lipinski definition) is 1. The van der Waals surface area contributed by atoms with Crippen molar-refractivity contribution in [3.8, 4) is 17.2 Å². The van der Waals surface area contributed by atoms with Crippen LogP contribution in [0.3, 0.4) is 0 Å². The smallest absolute Gasteiger partial charge is 0.234 e. The van der Waals surface area contributed by atoms with Gasteiger partial charge in [0.1, 0.15) is 12.4 Å². The van der Waals surface area contributed by atoms with Gasteiger partial charge in [0.15, 0.2) is 22.5 Å². The highest BCUT2D eigenvalue weighted by Crippen LogP contribution is 2.29. The van der Waals surface area contributed by atoms with E-state index >= 15 is 0 Å². The zero-order valence-corrected chi connectivity index (χ0v) is 20.6. The third-order valence-electron chi connectivity index (χ3n) is 4.64. The molecule has 9 heteroatoms. The average Bonchev–Trinajstić information content (AvgIpc) is 3.20. The lowest BCUT2D eigenvalue weighted by molar-refractivity contribution is -0.113. The molecule has 1 aromatic heterocycles. The average molecular weight is 483 g/mol. The lowest BCUT2D eigenvalue weighted by Crippen LogP contribution is -2.15. The van der Waals surface area contributed by atoms with Crippen LogP contribution < -0.4 is 19.5 Å². The number of allylic oxidation sites excluding steroid dienone is 1. The van der Waals surface area contributed by atoms with Crippen LogP contribution in [0.5, 0.6) is 17.2 Å². The highest BCUT2D eigenvalue weighted by Gasteiger charge is 2.15. The zero-order valence-electron chi connectivity index (χ0n) is 19.7. The number of nitrogens with one attached hydrogen (secondary N) is 1. The third kappa shape index (κ3) is 7.02. The maximum atomic E-state index is 12.4.